The second kappa shape index (κ2) is 5.45. The first-order chi connectivity index (χ1) is 9.90. The number of nitrogens with zero attached hydrogens (tertiary/aromatic N) is 1. The Morgan fingerprint density at radius 3 is 2.71 bits per heavy atom. The molecule has 21 heavy (non-hydrogen) atoms. The molecule has 0 bridgehead atoms. The number of rotatable bonds is 4. The van der Waals surface area contributed by atoms with Gasteiger partial charge in [0.2, 0.25) is 0 Å². The number of amides is 1. The largest absolute Gasteiger partial charge is 0.478 e. The van der Waals surface area contributed by atoms with E-state index in [1.54, 1.807) is 6.92 Å². The van der Waals surface area contributed by atoms with Gasteiger partial charge in [-0.25, -0.2) is 4.79 Å². The Morgan fingerprint density at radius 1 is 1.38 bits per heavy atom. The molecule has 0 aliphatic carbocycles. The Bertz CT molecular complexity index is 735. The van der Waals surface area contributed by atoms with Gasteiger partial charge in [-0.05, 0) is 13.0 Å². The Hall–Kier alpha value is -3.16. The van der Waals surface area contributed by atoms with Crippen molar-refractivity contribution < 1.29 is 19.6 Å². The van der Waals surface area contributed by atoms with Crippen molar-refractivity contribution in [3.63, 3.8) is 0 Å². The van der Waals surface area contributed by atoms with E-state index >= 15 is 0 Å². The maximum Gasteiger partial charge on any atom is 0.339 e. The molecule has 1 aromatic carbocycles. The number of anilines is 1. The number of benzene rings is 1. The van der Waals surface area contributed by atoms with Crippen LogP contribution in [0.25, 0.3) is 0 Å². The summed E-state index contributed by atoms with van der Waals surface area (Å²) in [7, 11) is 0. The van der Waals surface area contributed by atoms with Gasteiger partial charge < -0.3 is 15.4 Å². The van der Waals surface area contributed by atoms with Crippen LogP contribution in [0, 0.1) is 17.0 Å². The third-order valence-electron chi connectivity index (χ3n) is 2.86. The zero-order valence-corrected chi connectivity index (χ0v) is 10.9. The number of hydrogen-bond acceptors (Lipinski definition) is 4. The lowest BCUT2D eigenvalue weighted by Crippen LogP contribution is -2.14. The molecule has 0 saturated carbocycles. The van der Waals surface area contributed by atoms with Crippen LogP contribution in [0.3, 0.4) is 0 Å². The first-order valence-electron chi connectivity index (χ1n) is 5.87. The number of carbonyl (C=O) groups is 2. The highest BCUT2D eigenvalue weighted by atomic mass is 16.6. The molecule has 1 heterocycles. The molecule has 0 radical (unpaired) electrons. The molecule has 8 nitrogen and oxygen atoms in total. The summed E-state index contributed by atoms with van der Waals surface area (Å²) in [6.45, 7) is 1.56. The smallest absolute Gasteiger partial charge is 0.339 e. The summed E-state index contributed by atoms with van der Waals surface area (Å²) in [5.41, 5.74) is 0.313. The summed E-state index contributed by atoms with van der Waals surface area (Å²) in [4.78, 5) is 35.9. The molecule has 8 heteroatoms. The summed E-state index contributed by atoms with van der Waals surface area (Å²) in [5, 5.41) is 22.2. The van der Waals surface area contributed by atoms with Gasteiger partial charge >= 0.3 is 5.97 Å². The van der Waals surface area contributed by atoms with E-state index in [0.29, 0.717) is 5.69 Å². The van der Waals surface area contributed by atoms with Gasteiger partial charge in [0.1, 0.15) is 5.56 Å². The average Bonchev–Trinajstić information content (AvgIpc) is 2.79. The number of carboxylic acid groups (broad SMARTS) is 1. The number of hydrogen-bond donors (Lipinski definition) is 3. The molecule has 1 aromatic heterocycles. The van der Waals surface area contributed by atoms with Crippen molar-refractivity contribution in [2.24, 2.45) is 0 Å². The molecule has 0 atom stereocenters. The van der Waals surface area contributed by atoms with Crippen LogP contribution >= 0.6 is 0 Å². The van der Waals surface area contributed by atoms with E-state index in [4.69, 9.17) is 5.11 Å². The van der Waals surface area contributed by atoms with Crippen LogP contribution in [0.15, 0.2) is 30.5 Å². The fourth-order valence-electron chi connectivity index (χ4n) is 1.86. The van der Waals surface area contributed by atoms with Gasteiger partial charge in [-0.2, -0.15) is 0 Å². The number of carbonyl (C=O) groups excluding carboxylic acids is 1. The van der Waals surface area contributed by atoms with E-state index in [0.717, 1.165) is 6.07 Å². The van der Waals surface area contributed by atoms with Gasteiger partial charge in [0.15, 0.2) is 0 Å². The molecule has 1 amide bonds. The van der Waals surface area contributed by atoms with E-state index in [1.807, 2.05) is 0 Å². The summed E-state index contributed by atoms with van der Waals surface area (Å²) in [5.74, 6) is -1.80. The highest BCUT2D eigenvalue weighted by molar-refractivity contribution is 6.08. The average molecular weight is 289 g/mol. The van der Waals surface area contributed by atoms with Crippen molar-refractivity contribution in [3.05, 3.63) is 57.4 Å². The zero-order valence-electron chi connectivity index (χ0n) is 10.9. The third-order valence-corrected chi connectivity index (χ3v) is 2.86. The van der Waals surface area contributed by atoms with Crippen molar-refractivity contribution >= 4 is 23.3 Å². The monoisotopic (exact) mass is 289 g/mol. The van der Waals surface area contributed by atoms with Gasteiger partial charge in [0.05, 0.1) is 10.6 Å². The Labute approximate surface area is 118 Å². The molecule has 0 aliphatic rings. The maximum absolute atomic E-state index is 12.0. The van der Waals surface area contributed by atoms with Crippen LogP contribution in [-0.4, -0.2) is 26.9 Å². The van der Waals surface area contributed by atoms with Crippen molar-refractivity contribution in [3.8, 4) is 0 Å². The minimum atomic E-state index is -1.18. The molecule has 0 aliphatic heterocycles. The van der Waals surface area contributed by atoms with Crippen molar-refractivity contribution in [2.75, 3.05) is 5.32 Å². The molecule has 0 spiro atoms. The number of nitro benzene ring substituents is 1. The molecule has 2 rings (SSSR count). The number of non-ortho nitro benzene ring substituents is 1. The lowest BCUT2D eigenvalue weighted by molar-refractivity contribution is -0.384. The summed E-state index contributed by atoms with van der Waals surface area (Å²) in [6.07, 6.45) is 1.36. The number of carboxylic acids is 1. The number of aromatic amines is 1. The minimum absolute atomic E-state index is 0.0474. The Kier molecular flexibility index (Phi) is 3.70. The normalized spacial score (nSPS) is 10.1. The van der Waals surface area contributed by atoms with E-state index < -0.39 is 16.8 Å². The number of aromatic carboxylic acids is 1. The van der Waals surface area contributed by atoms with E-state index in [2.05, 4.69) is 10.3 Å². The summed E-state index contributed by atoms with van der Waals surface area (Å²) < 4.78 is 0. The highest BCUT2D eigenvalue weighted by Crippen LogP contribution is 2.21. The molecular weight excluding hydrogens is 278 g/mol. The zero-order chi connectivity index (χ0) is 15.6. The fourth-order valence-corrected chi connectivity index (χ4v) is 1.86. The second-order valence-electron chi connectivity index (χ2n) is 4.27. The van der Waals surface area contributed by atoms with Crippen LogP contribution in [0.1, 0.15) is 26.4 Å². The Balaban J connectivity index is 2.28. The fraction of sp³-hybridized carbons (Fsp3) is 0.0769. The van der Waals surface area contributed by atoms with E-state index in [-0.39, 0.29) is 22.5 Å². The van der Waals surface area contributed by atoms with Gasteiger partial charge in [-0.15, -0.1) is 0 Å². The van der Waals surface area contributed by atoms with Gasteiger partial charge in [0, 0.05) is 29.6 Å². The van der Waals surface area contributed by atoms with Crippen molar-refractivity contribution in [2.45, 2.75) is 6.92 Å². The predicted molar refractivity (Wildman–Crippen MR) is 73.5 cm³/mol. The summed E-state index contributed by atoms with van der Waals surface area (Å²) >= 11 is 0. The van der Waals surface area contributed by atoms with Gasteiger partial charge in [-0.3, -0.25) is 14.9 Å². The van der Waals surface area contributed by atoms with E-state index in [9.17, 15) is 19.7 Å². The molecule has 108 valence electrons. The predicted octanol–water partition coefficient (Wildman–Crippen LogP) is 2.18. The molecule has 0 fully saturated rings. The molecule has 0 saturated heterocycles. The topological polar surface area (TPSA) is 125 Å². The molecular formula is C13H11N3O5. The van der Waals surface area contributed by atoms with E-state index in [1.165, 1.54) is 24.4 Å². The Morgan fingerprint density at radius 2 is 2.10 bits per heavy atom. The van der Waals surface area contributed by atoms with Gasteiger partial charge in [-0.1, -0.05) is 6.07 Å². The summed E-state index contributed by atoms with van der Waals surface area (Å²) in [6, 6.07) is 5.17. The third kappa shape index (κ3) is 2.89. The molecule has 2 aromatic rings. The SMILES string of the molecule is Cc1[nH]cc(NC(=O)c2cccc([N+](=O)[O-])c2)c1C(=O)O. The number of nitrogens with one attached hydrogen (secondary N) is 2. The van der Waals surface area contributed by atoms with Crippen molar-refractivity contribution in [1.29, 1.82) is 0 Å². The standard InChI is InChI=1S/C13H11N3O5/c1-7-11(13(18)19)10(6-14-7)15-12(17)8-3-2-4-9(5-8)16(20)21/h2-6,14H,1H3,(H,15,17)(H,18,19). The van der Waals surface area contributed by atoms with Crippen LogP contribution in [-0.2, 0) is 0 Å². The van der Waals surface area contributed by atoms with Crippen LogP contribution in [0.5, 0.6) is 0 Å². The molecule has 3 N–H and O–H groups in total. The lowest BCUT2D eigenvalue weighted by atomic mass is 10.1. The number of H-pyrrole nitrogens is 1. The quantitative estimate of drug-likeness (QED) is 0.587. The van der Waals surface area contributed by atoms with Crippen LogP contribution < -0.4 is 5.32 Å². The second-order valence-corrected chi connectivity index (χ2v) is 4.27. The van der Waals surface area contributed by atoms with Crippen molar-refractivity contribution in [1.82, 2.24) is 4.98 Å². The number of nitro groups is 1. The minimum Gasteiger partial charge on any atom is -0.478 e. The first kappa shape index (κ1) is 14.3. The maximum atomic E-state index is 12.0. The first-order valence-corrected chi connectivity index (χ1v) is 5.87. The highest BCUT2D eigenvalue weighted by Gasteiger charge is 2.18. The number of aryl methyl sites for hydroxylation is 1. The number of aromatic nitrogens is 1. The molecule has 0 unspecified atom stereocenters. The lowest BCUT2D eigenvalue weighted by Gasteiger charge is -2.05. The van der Waals surface area contributed by atoms with Crippen LogP contribution in [0.4, 0.5) is 11.4 Å². The van der Waals surface area contributed by atoms with Gasteiger partial charge in [0.25, 0.3) is 11.6 Å². The van der Waals surface area contributed by atoms with Crippen LogP contribution in [0.2, 0.25) is 0 Å².